The molecule has 1 aromatic carbocycles. The molecule has 0 amide bonds. The number of benzene rings is 1. The van der Waals surface area contributed by atoms with Crippen LogP contribution in [-0.2, 0) is 0 Å². The van der Waals surface area contributed by atoms with E-state index in [9.17, 15) is 0 Å². The molecule has 2 aliphatic heterocycles. The molecule has 19 heavy (non-hydrogen) atoms. The van der Waals surface area contributed by atoms with E-state index in [0.717, 1.165) is 31.7 Å². The third-order valence-electron chi connectivity index (χ3n) is 4.60. The van der Waals surface area contributed by atoms with Gasteiger partial charge < -0.3 is 10.1 Å². The van der Waals surface area contributed by atoms with Crippen molar-refractivity contribution >= 4 is 0 Å². The van der Waals surface area contributed by atoms with Gasteiger partial charge in [-0.05, 0) is 26.6 Å². The van der Waals surface area contributed by atoms with Crippen LogP contribution in [0.25, 0.3) is 0 Å². The zero-order chi connectivity index (χ0) is 13.5. The van der Waals surface area contributed by atoms with Gasteiger partial charge in [0.05, 0.1) is 0 Å². The minimum Gasteiger partial charge on any atom is -0.485 e. The van der Waals surface area contributed by atoms with E-state index in [1.165, 1.54) is 5.56 Å². The summed E-state index contributed by atoms with van der Waals surface area (Å²) in [6.45, 7) is 6.50. The zero-order valence-corrected chi connectivity index (χ0v) is 12.1. The molecule has 0 aromatic heterocycles. The van der Waals surface area contributed by atoms with Crippen molar-refractivity contribution in [1.82, 2.24) is 10.2 Å². The van der Waals surface area contributed by atoms with Crippen molar-refractivity contribution in [2.75, 3.05) is 20.1 Å². The van der Waals surface area contributed by atoms with Gasteiger partial charge in [0.25, 0.3) is 0 Å². The van der Waals surface area contributed by atoms with Crippen LogP contribution in [0, 0.1) is 0 Å². The Labute approximate surface area is 115 Å². The fourth-order valence-electron chi connectivity index (χ4n) is 3.64. The summed E-state index contributed by atoms with van der Waals surface area (Å²) in [5.41, 5.74) is 1.31. The molecule has 0 aliphatic carbocycles. The lowest BCUT2D eigenvalue weighted by atomic mass is 9.85. The number of hydrogen-bond donors (Lipinski definition) is 1. The van der Waals surface area contributed by atoms with E-state index < -0.39 is 0 Å². The summed E-state index contributed by atoms with van der Waals surface area (Å²) in [7, 11) is 2.20. The third-order valence-corrected chi connectivity index (χ3v) is 4.60. The van der Waals surface area contributed by atoms with Crippen molar-refractivity contribution in [3.8, 4) is 5.75 Å². The first-order valence-electron chi connectivity index (χ1n) is 7.35. The normalized spacial score (nSPS) is 34.3. The highest BCUT2D eigenvalue weighted by Crippen LogP contribution is 2.44. The highest BCUT2D eigenvalue weighted by molar-refractivity contribution is 5.39. The number of likely N-dealkylation sites (N-methyl/N-ethyl adjacent to an activating group) is 1. The second kappa shape index (κ2) is 4.80. The van der Waals surface area contributed by atoms with Crippen LogP contribution >= 0.6 is 0 Å². The average Bonchev–Trinajstić information content (AvgIpc) is 2.64. The topological polar surface area (TPSA) is 24.5 Å². The number of ether oxygens (including phenoxy) is 1. The van der Waals surface area contributed by atoms with Crippen molar-refractivity contribution < 1.29 is 4.74 Å². The van der Waals surface area contributed by atoms with Crippen LogP contribution in [0.5, 0.6) is 5.75 Å². The Balaban J connectivity index is 1.92. The van der Waals surface area contributed by atoms with Crippen LogP contribution in [0.4, 0.5) is 0 Å². The van der Waals surface area contributed by atoms with Crippen molar-refractivity contribution in [3.63, 3.8) is 0 Å². The Morgan fingerprint density at radius 1 is 1.37 bits per heavy atom. The lowest BCUT2D eigenvalue weighted by Crippen LogP contribution is -2.45. The molecule has 3 atom stereocenters. The fraction of sp³-hybridized carbons (Fsp3) is 0.625. The monoisotopic (exact) mass is 260 g/mol. The quantitative estimate of drug-likeness (QED) is 0.884. The van der Waals surface area contributed by atoms with Gasteiger partial charge in [-0.25, -0.2) is 0 Å². The SMILES string of the molecule is CCNC1CC2(CC(C)N(C)C2)Oc2ccccc21. The number of likely N-dealkylation sites (tertiary alicyclic amines) is 1. The summed E-state index contributed by atoms with van der Waals surface area (Å²) in [6.07, 6.45) is 2.20. The lowest BCUT2D eigenvalue weighted by molar-refractivity contribution is 0.0408. The van der Waals surface area contributed by atoms with Gasteiger partial charge in [0, 0.05) is 37.0 Å². The van der Waals surface area contributed by atoms with Crippen LogP contribution in [-0.4, -0.2) is 36.7 Å². The predicted octanol–water partition coefficient (Wildman–Crippen LogP) is 2.58. The molecule has 1 fully saturated rings. The average molecular weight is 260 g/mol. The van der Waals surface area contributed by atoms with Crippen LogP contribution in [0.2, 0.25) is 0 Å². The van der Waals surface area contributed by atoms with E-state index in [0.29, 0.717) is 12.1 Å². The number of fused-ring (bicyclic) bond motifs is 1. The molecule has 1 saturated heterocycles. The molecule has 2 aliphatic rings. The van der Waals surface area contributed by atoms with Crippen LogP contribution < -0.4 is 10.1 Å². The minimum atomic E-state index is -0.00461. The molecule has 1 aromatic rings. The van der Waals surface area contributed by atoms with Crippen molar-refractivity contribution in [2.45, 2.75) is 44.4 Å². The van der Waals surface area contributed by atoms with E-state index in [2.05, 4.69) is 55.4 Å². The maximum Gasteiger partial charge on any atom is 0.125 e. The lowest BCUT2D eigenvalue weighted by Gasteiger charge is -2.40. The number of hydrogen-bond acceptors (Lipinski definition) is 3. The van der Waals surface area contributed by atoms with E-state index in [1.807, 2.05) is 0 Å². The summed E-state index contributed by atoms with van der Waals surface area (Å²) >= 11 is 0. The molecule has 0 bridgehead atoms. The Kier molecular flexibility index (Phi) is 3.27. The Bertz CT molecular complexity index is 450. The number of nitrogens with zero attached hydrogens (tertiary/aromatic N) is 1. The maximum atomic E-state index is 6.42. The molecular weight excluding hydrogens is 236 g/mol. The van der Waals surface area contributed by atoms with Crippen molar-refractivity contribution in [3.05, 3.63) is 29.8 Å². The third kappa shape index (κ3) is 2.26. The second-order valence-corrected chi connectivity index (χ2v) is 6.11. The fourth-order valence-corrected chi connectivity index (χ4v) is 3.64. The van der Waals surface area contributed by atoms with Gasteiger partial charge in [0.2, 0.25) is 0 Å². The summed E-state index contributed by atoms with van der Waals surface area (Å²) in [5.74, 6) is 1.07. The van der Waals surface area contributed by atoms with E-state index in [4.69, 9.17) is 4.74 Å². The van der Waals surface area contributed by atoms with Gasteiger partial charge in [-0.1, -0.05) is 25.1 Å². The van der Waals surface area contributed by atoms with Crippen molar-refractivity contribution in [2.24, 2.45) is 0 Å². The maximum absolute atomic E-state index is 6.42. The van der Waals surface area contributed by atoms with Gasteiger partial charge in [-0.15, -0.1) is 0 Å². The molecule has 3 nitrogen and oxygen atoms in total. The van der Waals surface area contributed by atoms with Crippen molar-refractivity contribution in [1.29, 1.82) is 0 Å². The van der Waals surface area contributed by atoms with E-state index in [1.54, 1.807) is 0 Å². The molecule has 3 heteroatoms. The highest BCUT2D eigenvalue weighted by Gasteiger charge is 2.47. The van der Waals surface area contributed by atoms with Gasteiger partial charge in [0.15, 0.2) is 0 Å². The van der Waals surface area contributed by atoms with Crippen LogP contribution in [0.1, 0.15) is 38.3 Å². The smallest absolute Gasteiger partial charge is 0.125 e. The first kappa shape index (κ1) is 12.9. The van der Waals surface area contributed by atoms with E-state index in [-0.39, 0.29) is 5.60 Å². The Morgan fingerprint density at radius 3 is 2.84 bits per heavy atom. The standard InChI is InChI=1S/C16H24N2O/c1-4-17-14-10-16(9-12(2)18(3)11-16)19-15-8-6-5-7-13(14)15/h5-8,12,14,17H,4,9-11H2,1-3H3. The Morgan fingerprint density at radius 2 is 2.16 bits per heavy atom. The first-order chi connectivity index (χ1) is 9.13. The summed E-state index contributed by atoms with van der Waals surface area (Å²) in [5, 5.41) is 3.62. The Hall–Kier alpha value is -1.06. The van der Waals surface area contributed by atoms with Crippen LogP contribution in [0.15, 0.2) is 24.3 Å². The molecule has 2 heterocycles. The predicted molar refractivity (Wildman–Crippen MR) is 77.5 cm³/mol. The molecule has 1 spiro atoms. The van der Waals surface area contributed by atoms with Gasteiger partial charge in [-0.3, -0.25) is 4.90 Å². The summed E-state index contributed by atoms with van der Waals surface area (Å²) < 4.78 is 6.42. The largest absolute Gasteiger partial charge is 0.485 e. The highest BCUT2D eigenvalue weighted by atomic mass is 16.5. The second-order valence-electron chi connectivity index (χ2n) is 6.11. The molecule has 3 unspecified atom stereocenters. The summed E-state index contributed by atoms with van der Waals surface area (Å²) in [6, 6.07) is 9.51. The molecular formula is C16H24N2O. The number of para-hydroxylation sites is 1. The van der Waals surface area contributed by atoms with Crippen LogP contribution in [0.3, 0.4) is 0 Å². The van der Waals surface area contributed by atoms with Gasteiger partial charge in [-0.2, -0.15) is 0 Å². The minimum absolute atomic E-state index is 0.00461. The van der Waals surface area contributed by atoms with Gasteiger partial charge in [0.1, 0.15) is 11.4 Å². The first-order valence-corrected chi connectivity index (χ1v) is 7.35. The molecule has 0 saturated carbocycles. The summed E-state index contributed by atoms with van der Waals surface area (Å²) in [4.78, 5) is 2.41. The molecule has 104 valence electrons. The zero-order valence-electron chi connectivity index (χ0n) is 12.1. The molecule has 1 N–H and O–H groups in total. The van der Waals surface area contributed by atoms with Gasteiger partial charge >= 0.3 is 0 Å². The molecule has 3 rings (SSSR count). The molecule has 0 radical (unpaired) electrons. The number of rotatable bonds is 2. The number of nitrogens with one attached hydrogen (secondary N) is 1. The van der Waals surface area contributed by atoms with E-state index >= 15 is 0 Å².